The number of benzene rings is 3. The highest BCUT2D eigenvalue weighted by Crippen LogP contribution is 2.24. The zero-order chi connectivity index (χ0) is 19.5. The average molecular weight is 388 g/mol. The van der Waals surface area contributed by atoms with Gasteiger partial charge < -0.3 is 9.88 Å². The molecule has 0 saturated carbocycles. The van der Waals surface area contributed by atoms with E-state index in [1.54, 1.807) is 0 Å². The number of nitrogens with one attached hydrogen (secondary N) is 1. The highest BCUT2D eigenvalue weighted by atomic mass is 32.2. The number of nitrogens with zero attached hydrogens (tertiary/aromatic N) is 3. The molecule has 0 spiro atoms. The standard InChI is InChI=1S/C22H20N4OS/c1-15-6-5-9-18(12-15)21-24-25-22(26(21)2)28-14-20(27)23-19-11-10-16-7-3-4-8-17(16)13-19/h3-13H,14H2,1-2H3,(H,23,27). The zero-order valence-corrected chi connectivity index (χ0v) is 16.5. The molecular weight excluding hydrogens is 368 g/mol. The summed E-state index contributed by atoms with van der Waals surface area (Å²) in [5.41, 5.74) is 2.98. The van der Waals surface area contributed by atoms with E-state index in [0.29, 0.717) is 5.16 Å². The number of carbonyl (C=O) groups excluding carboxylic acids is 1. The normalized spacial score (nSPS) is 10.9. The van der Waals surface area contributed by atoms with Crippen LogP contribution < -0.4 is 5.32 Å². The first-order valence-electron chi connectivity index (χ1n) is 8.98. The van der Waals surface area contributed by atoms with Crippen LogP contribution in [-0.4, -0.2) is 26.4 Å². The molecule has 0 aliphatic heterocycles. The Bertz CT molecular complexity index is 1150. The Labute approximate surface area is 167 Å². The number of hydrogen-bond donors (Lipinski definition) is 1. The van der Waals surface area contributed by atoms with E-state index >= 15 is 0 Å². The lowest BCUT2D eigenvalue weighted by Crippen LogP contribution is -2.14. The maximum atomic E-state index is 12.4. The molecule has 140 valence electrons. The van der Waals surface area contributed by atoms with Gasteiger partial charge in [0, 0.05) is 18.3 Å². The summed E-state index contributed by atoms with van der Waals surface area (Å²) in [5, 5.41) is 14.4. The van der Waals surface area contributed by atoms with E-state index in [-0.39, 0.29) is 11.7 Å². The predicted octanol–water partition coefficient (Wildman–Crippen LogP) is 4.67. The van der Waals surface area contributed by atoms with Crippen LogP contribution in [0, 0.1) is 6.92 Å². The molecule has 1 heterocycles. The van der Waals surface area contributed by atoms with Crippen LogP contribution in [0.1, 0.15) is 5.56 Å². The fourth-order valence-electron chi connectivity index (χ4n) is 3.07. The molecule has 1 N–H and O–H groups in total. The Balaban J connectivity index is 1.42. The summed E-state index contributed by atoms with van der Waals surface area (Å²) in [6.45, 7) is 2.05. The predicted molar refractivity (Wildman–Crippen MR) is 114 cm³/mol. The summed E-state index contributed by atoms with van der Waals surface area (Å²) in [7, 11) is 1.92. The fourth-order valence-corrected chi connectivity index (χ4v) is 3.78. The van der Waals surface area contributed by atoms with Gasteiger partial charge in [0.05, 0.1) is 5.75 Å². The number of thioether (sulfide) groups is 1. The third-order valence-electron chi connectivity index (χ3n) is 4.48. The van der Waals surface area contributed by atoms with Crippen LogP contribution in [-0.2, 0) is 11.8 Å². The van der Waals surface area contributed by atoms with Gasteiger partial charge in [-0.05, 0) is 35.9 Å². The average Bonchev–Trinajstić information content (AvgIpc) is 3.07. The molecule has 0 unspecified atom stereocenters. The molecule has 0 aliphatic carbocycles. The first-order chi connectivity index (χ1) is 13.6. The van der Waals surface area contributed by atoms with Crippen molar-refractivity contribution in [2.75, 3.05) is 11.1 Å². The van der Waals surface area contributed by atoms with Gasteiger partial charge in [-0.1, -0.05) is 65.9 Å². The van der Waals surface area contributed by atoms with Crippen molar-refractivity contribution in [3.8, 4) is 11.4 Å². The second kappa shape index (κ2) is 7.86. The zero-order valence-electron chi connectivity index (χ0n) is 15.7. The smallest absolute Gasteiger partial charge is 0.234 e. The van der Waals surface area contributed by atoms with Gasteiger partial charge in [0.15, 0.2) is 11.0 Å². The minimum absolute atomic E-state index is 0.0691. The second-order valence-corrected chi connectivity index (χ2v) is 7.58. The molecule has 3 aromatic carbocycles. The largest absolute Gasteiger partial charge is 0.325 e. The molecule has 4 rings (SSSR count). The number of anilines is 1. The lowest BCUT2D eigenvalue weighted by Gasteiger charge is -2.07. The Morgan fingerprint density at radius 2 is 1.82 bits per heavy atom. The molecule has 0 fully saturated rings. The van der Waals surface area contributed by atoms with Gasteiger partial charge in [-0.2, -0.15) is 0 Å². The van der Waals surface area contributed by atoms with Gasteiger partial charge in [0.1, 0.15) is 0 Å². The first kappa shape index (κ1) is 18.3. The Hall–Kier alpha value is -3.12. The summed E-state index contributed by atoms with van der Waals surface area (Å²) in [6.07, 6.45) is 0. The van der Waals surface area contributed by atoms with E-state index in [1.807, 2.05) is 73.1 Å². The van der Waals surface area contributed by atoms with Crippen molar-refractivity contribution in [3.63, 3.8) is 0 Å². The lowest BCUT2D eigenvalue weighted by atomic mass is 10.1. The van der Waals surface area contributed by atoms with Crippen LogP contribution in [0.3, 0.4) is 0 Å². The van der Waals surface area contributed by atoms with E-state index < -0.39 is 0 Å². The van der Waals surface area contributed by atoms with Crippen molar-refractivity contribution in [2.45, 2.75) is 12.1 Å². The number of hydrogen-bond acceptors (Lipinski definition) is 4. The van der Waals surface area contributed by atoms with Crippen molar-refractivity contribution < 1.29 is 4.79 Å². The number of aryl methyl sites for hydroxylation is 1. The molecule has 1 aromatic heterocycles. The number of aromatic nitrogens is 3. The van der Waals surface area contributed by atoms with Crippen LogP contribution in [0.25, 0.3) is 22.2 Å². The monoisotopic (exact) mass is 388 g/mol. The Morgan fingerprint density at radius 1 is 1.00 bits per heavy atom. The van der Waals surface area contributed by atoms with Gasteiger partial charge in [0.2, 0.25) is 5.91 Å². The summed E-state index contributed by atoms with van der Waals surface area (Å²) in [6, 6.07) is 22.1. The number of rotatable bonds is 5. The first-order valence-corrected chi connectivity index (χ1v) is 9.96. The Morgan fingerprint density at radius 3 is 2.64 bits per heavy atom. The van der Waals surface area contributed by atoms with Gasteiger partial charge in [-0.25, -0.2) is 0 Å². The molecule has 28 heavy (non-hydrogen) atoms. The topological polar surface area (TPSA) is 59.8 Å². The molecule has 6 heteroatoms. The molecule has 0 aliphatic rings. The van der Waals surface area contributed by atoms with Gasteiger partial charge >= 0.3 is 0 Å². The summed E-state index contributed by atoms with van der Waals surface area (Å²) in [5.74, 6) is 0.994. The van der Waals surface area contributed by atoms with Crippen LogP contribution in [0.5, 0.6) is 0 Å². The van der Waals surface area contributed by atoms with Gasteiger partial charge in [0.25, 0.3) is 0 Å². The Kier molecular flexibility index (Phi) is 5.12. The lowest BCUT2D eigenvalue weighted by molar-refractivity contribution is -0.113. The fraction of sp³-hybridized carbons (Fsp3) is 0.136. The molecule has 0 atom stereocenters. The summed E-state index contributed by atoms with van der Waals surface area (Å²) >= 11 is 1.38. The number of fused-ring (bicyclic) bond motifs is 1. The minimum Gasteiger partial charge on any atom is -0.325 e. The number of carbonyl (C=O) groups is 1. The third-order valence-corrected chi connectivity index (χ3v) is 5.50. The van der Waals surface area contributed by atoms with Crippen molar-refractivity contribution in [1.82, 2.24) is 14.8 Å². The molecule has 0 bridgehead atoms. The minimum atomic E-state index is -0.0691. The second-order valence-electron chi connectivity index (χ2n) is 6.63. The van der Waals surface area contributed by atoms with E-state index in [2.05, 4.69) is 27.6 Å². The third kappa shape index (κ3) is 3.92. The quantitative estimate of drug-likeness (QED) is 0.505. The molecule has 1 amide bonds. The maximum absolute atomic E-state index is 12.4. The number of amides is 1. The van der Waals surface area contributed by atoms with Crippen molar-refractivity contribution in [1.29, 1.82) is 0 Å². The van der Waals surface area contributed by atoms with Crippen molar-refractivity contribution in [3.05, 3.63) is 72.3 Å². The molecule has 4 aromatic rings. The van der Waals surface area contributed by atoms with Crippen LogP contribution in [0.4, 0.5) is 5.69 Å². The van der Waals surface area contributed by atoms with Crippen LogP contribution in [0.2, 0.25) is 0 Å². The highest BCUT2D eigenvalue weighted by molar-refractivity contribution is 7.99. The molecular formula is C22H20N4OS. The van der Waals surface area contributed by atoms with Crippen LogP contribution >= 0.6 is 11.8 Å². The van der Waals surface area contributed by atoms with E-state index in [9.17, 15) is 4.79 Å². The van der Waals surface area contributed by atoms with E-state index in [4.69, 9.17) is 0 Å². The van der Waals surface area contributed by atoms with Crippen LogP contribution in [0.15, 0.2) is 71.9 Å². The molecule has 0 saturated heterocycles. The molecule has 5 nitrogen and oxygen atoms in total. The SMILES string of the molecule is Cc1cccc(-c2nnc(SCC(=O)Nc3ccc4ccccc4c3)n2C)c1. The van der Waals surface area contributed by atoms with Crippen molar-refractivity contribution in [2.24, 2.45) is 7.05 Å². The van der Waals surface area contributed by atoms with E-state index in [0.717, 1.165) is 27.8 Å². The summed E-state index contributed by atoms with van der Waals surface area (Å²) < 4.78 is 1.92. The van der Waals surface area contributed by atoms with Crippen molar-refractivity contribution >= 4 is 34.1 Å². The van der Waals surface area contributed by atoms with E-state index in [1.165, 1.54) is 17.3 Å². The highest BCUT2D eigenvalue weighted by Gasteiger charge is 2.13. The maximum Gasteiger partial charge on any atom is 0.234 e. The summed E-state index contributed by atoms with van der Waals surface area (Å²) in [4.78, 5) is 12.4. The van der Waals surface area contributed by atoms with Gasteiger partial charge in [-0.15, -0.1) is 10.2 Å². The molecule has 0 radical (unpaired) electrons. The van der Waals surface area contributed by atoms with Gasteiger partial charge in [-0.3, -0.25) is 4.79 Å².